The van der Waals surface area contributed by atoms with Crippen molar-refractivity contribution in [1.29, 1.82) is 0 Å². The van der Waals surface area contributed by atoms with E-state index in [-0.39, 0.29) is 0 Å². The number of allylic oxidation sites excluding steroid dienone is 1. The van der Waals surface area contributed by atoms with Gasteiger partial charge in [0.25, 0.3) is 0 Å². The van der Waals surface area contributed by atoms with Crippen LogP contribution in [0.15, 0.2) is 52.3 Å². The van der Waals surface area contributed by atoms with E-state index in [1.165, 1.54) is 0 Å². The molecule has 2 rings (SSSR count). The number of nitrogens with zero attached hydrogens (tertiary/aromatic N) is 1. The Labute approximate surface area is 190 Å². The third kappa shape index (κ3) is 8.09. The van der Waals surface area contributed by atoms with Gasteiger partial charge in [0.15, 0.2) is 0 Å². The summed E-state index contributed by atoms with van der Waals surface area (Å²) in [6, 6.07) is 7.56. The van der Waals surface area contributed by atoms with Gasteiger partial charge in [0.1, 0.15) is 17.2 Å². The summed E-state index contributed by atoms with van der Waals surface area (Å²) in [5, 5.41) is 6.05. The number of primary amides is 1. The Bertz CT molecular complexity index is 926. The van der Waals surface area contributed by atoms with Gasteiger partial charge < -0.3 is 25.8 Å². The zero-order valence-electron chi connectivity index (χ0n) is 19.6. The molecule has 0 atom stereocenters. The molecule has 0 saturated carbocycles. The number of aliphatic imine (C=N–C) groups is 1. The van der Waals surface area contributed by atoms with Crippen molar-refractivity contribution >= 4 is 17.8 Å². The second kappa shape index (κ2) is 11.4. The molecule has 8 heteroatoms. The zero-order valence-corrected chi connectivity index (χ0v) is 19.6. The summed E-state index contributed by atoms with van der Waals surface area (Å²) in [6.07, 6.45) is 3.66. The monoisotopic (exact) mass is 442 g/mol. The molecule has 0 aromatic heterocycles. The number of ether oxygens (including phenoxy) is 2. The van der Waals surface area contributed by atoms with Crippen molar-refractivity contribution < 1.29 is 19.1 Å². The largest absolute Gasteiger partial charge is 0.494 e. The summed E-state index contributed by atoms with van der Waals surface area (Å²) in [5.41, 5.74) is 7.87. The summed E-state index contributed by atoms with van der Waals surface area (Å²) in [7, 11) is 0. The van der Waals surface area contributed by atoms with Gasteiger partial charge in [-0.25, -0.2) is 9.79 Å². The highest BCUT2D eigenvalue weighted by molar-refractivity contribution is 6.02. The summed E-state index contributed by atoms with van der Waals surface area (Å²) >= 11 is 0. The first-order valence-corrected chi connectivity index (χ1v) is 10.8. The molecule has 0 aliphatic carbocycles. The number of carbonyl (C=O) groups is 2. The van der Waals surface area contributed by atoms with E-state index in [1.807, 2.05) is 45.0 Å². The van der Waals surface area contributed by atoms with E-state index in [4.69, 9.17) is 15.2 Å². The minimum Gasteiger partial charge on any atom is -0.494 e. The van der Waals surface area contributed by atoms with Crippen LogP contribution in [0.1, 0.15) is 59.4 Å². The fourth-order valence-corrected chi connectivity index (χ4v) is 2.94. The van der Waals surface area contributed by atoms with Crippen molar-refractivity contribution in [2.75, 3.05) is 13.2 Å². The summed E-state index contributed by atoms with van der Waals surface area (Å²) in [4.78, 5) is 27.9. The first kappa shape index (κ1) is 25.0. The molecule has 1 heterocycles. The molecule has 4 N–H and O–H groups in total. The molecule has 2 amide bonds. The second-order valence-electron chi connectivity index (χ2n) is 8.49. The zero-order chi connectivity index (χ0) is 23.7. The molecule has 1 aromatic rings. The first-order chi connectivity index (χ1) is 15.1. The van der Waals surface area contributed by atoms with E-state index in [0.717, 1.165) is 17.7 Å². The smallest absolute Gasteiger partial charge is 0.407 e. The standard InChI is InChI=1S/C24H34N4O4/c1-6-9-18-15-20(16(2)21(25)29)28-22(27-18)17-10-7-11-19(14-17)31-13-8-12-26-23(30)32-24(3,4)5/h7,9-11,14H,6,8,12-13,15H2,1-5H3,(H2,25,29)(H,26,30)(H,27,28)/b18-9+,20-16-. The Morgan fingerprint density at radius 2 is 2.06 bits per heavy atom. The van der Waals surface area contributed by atoms with Crippen LogP contribution < -0.4 is 21.1 Å². The van der Waals surface area contributed by atoms with Crippen molar-refractivity contribution in [2.24, 2.45) is 10.7 Å². The van der Waals surface area contributed by atoms with Crippen molar-refractivity contribution in [3.8, 4) is 5.75 Å². The Morgan fingerprint density at radius 1 is 1.31 bits per heavy atom. The van der Waals surface area contributed by atoms with E-state index >= 15 is 0 Å². The molecule has 32 heavy (non-hydrogen) atoms. The molecular formula is C24H34N4O4. The molecule has 0 spiro atoms. The fraction of sp³-hybridized carbons (Fsp3) is 0.458. The van der Waals surface area contributed by atoms with Gasteiger partial charge in [-0.15, -0.1) is 0 Å². The lowest BCUT2D eigenvalue weighted by molar-refractivity contribution is -0.114. The minimum absolute atomic E-state index is 0.437. The van der Waals surface area contributed by atoms with E-state index in [1.54, 1.807) is 6.92 Å². The average Bonchev–Trinajstić information content (AvgIpc) is 2.72. The maximum atomic E-state index is 11.7. The van der Waals surface area contributed by atoms with Gasteiger partial charge in [0, 0.05) is 29.8 Å². The number of rotatable bonds is 8. The summed E-state index contributed by atoms with van der Waals surface area (Å²) in [5.74, 6) is 0.856. The van der Waals surface area contributed by atoms with Crippen LogP contribution in [0.3, 0.4) is 0 Å². The first-order valence-electron chi connectivity index (χ1n) is 10.8. The number of hydrogen-bond acceptors (Lipinski definition) is 6. The average molecular weight is 443 g/mol. The fourth-order valence-electron chi connectivity index (χ4n) is 2.94. The Morgan fingerprint density at radius 3 is 2.72 bits per heavy atom. The van der Waals surface area contributed by atoms with Crippen LogP contribution in [0.25, 0.3) is 0 Å². The molecule has 1 aromatic carbocycles. The van der Waals surface area contributed by atoms with Crippen molar-refractivity contribution in [3.63, 3.8) is 0 Å². The van der Waals surface area contributed by atoms with Gasteiger partial charge in [0.2, 0.25) is 5.91 Å². The summed E-state index contributed by atoms with van der Waals surface area (Å²) < 4.78 is 11.0. The van der Waals surface area contributed by atoms with Crippen molar-refractivity contribution in [2.45, 2.75) is 59.5 Å². The normalized spacial score (nSPS) is 16.7. The molecule has 0 saturated heterocycles. The number of alkyl carbamates (subject to hydrolysis) is 1. The Kier molecular flexibility index (Phi) is 8.87. The predicted octanol–water partition coefficient (Wildman–Crippen LogP) is 3.77. The lowest BCUT2D eigenvalue weighted by Crippen LogP contribution is -2.33. The van der Waals surface area contributed by atoms with Crippen LogP contribution in [0.4, 0.5) is 4.79 Å². The van der Waals surface area contributed by atoms with Crippen molar-refractivity contribution in [3.05, 3.63) is 52.9 Å². The Hall–Kier alpha value is -3.29. The minimum atomic E-state index is -0.520. The second-order valence-corrected chi connectivity index (χ2v) is 8.49. The van der Waals surface area contributed by atoms with E-state index in [0.29, 0.717) is 48.8 Å². The lowest BCUT2D eigenvalue weighted by Gasteiger charge is -2.21. The molecule has 174 valence electrons. The number of amidine groups is 1. The molecule has 0 unspecified atom stereocenters. The number of nitrogens with one attached hydrogen (secondary N) is 2. The molecule has 1 aliphatic rings. The SMILES string of the molecule is CC/C=C1\C/C(=C(\C)C(N)=O)N=C(c2cccc(OCCCNC(=O)OC(C)(C)C)c2)N1. The predicted molar refractivity (Wildman–Crippen MR) is 125 cm³/mol. The van der Waals surface area contributed by atoms with Crippen LogP contribution in [0.2, 0.25) is 0 Å². The summed E-state index contributed by atoms with van der Waals surface area (Å²) in [6.45, 7) is 10.1. The molecule has 0 fully saturated rings. The van der Waals surface area contributed by atoms with E-state index in [9.17, 15) is 9.59 Å². The third-order valence-corrected chi connectivity index (χ3v) is 4.50. The number of carbonyl (C=O) groups excluding carboxylic acids is 2. The molecule has 1 aliphatic heterocycles. The van der Waals surface area contributed by atoms with Crippen LogP contribution in [-0.2, 0) is 9.53 Å². The number of nitrogens with two attached hydrogens (primary N) is 1. The maximum absolute atomic E-state index is 11.7. The highest BCUT2D eigenvalue weighted by Crippen LogP contribution is 2.23. The highest BCUT2D eigenvalue weighted by Gasteiger charge is 2.19. The highest BCUT2D eigenvalue weighted by atomic mass is 16.6. The van der Waals surface area contributed by atoms with Gasteiger partial charge in [-0.1, -0.05) is 25.1 Å². The quantitative estimate of drug-likeness (QED) is 0.419. The number of amides is 2. The van der Waals surface area contributed by atoms with Crippen LogP contribution >= 0.6 is 0 Å². The van der Waals surface area contributed by atoms with Gasteiger partial charge in [-0.3, -0.25) is 4.79 Å². The van der Waals surface area contributed by atoms with Gasteiger partial charge in [-0.2, -0.15) is 0 Å². The number of hydrogen-bond donors (Lipinski definition) is 3. The van der Waals surface area contributed by atoms with Crippen LogP contribution in [0, 0.1) is 0 Å². The lowest BCUT2D eigenvalue weighted by atomic mass is 10.1. The molecule has 0 bridgehead atoms. The van der Waals surface area contributed by atoms with Gasteiger partial charge >= 0.3 is 6.09 Å². The topological polar surface area (TPSA) is 115 Å². The van der Waals surface area contributed by atoms with Gasteiger partial charge in [0.05, 0.1) is 12.3 Å². The Balaban J connectivity index is 2.02. The molecule has 0 radical (unpaired) electrons. The molecule has 8 nitrogen and oxygen atoms in total. The number of benzene rings is 1. The third-order valence-electron chi connectivity index (χ3n) is 4.50. The van der Waals surface area contributed by atoms with E-state index in [2.05, 4.69) is 28.6 Å². The van der Waals surface area contributed by atoms with Crippen LogP contribution in [0.5, 0.6) is 5.75 Å². The van der Waals surface area contributed by atoms with Gasteiger partial charge in [-0.05, 0) is 52.7 Å². The van der Waals surface area contributed by atoms with Crippen LogP contribution in [-0.4, -0.2) is 36.6 Å². The maximum Gasteiger partial charge on any atom is 0.407 e. The molecular weight excluding hydrogens is 408 g/mol. The van der Waals surface area contributed by atoms with Crippen molar-refractivity contribution in [1.82, 2.24) is 10.6 Å². The van der Waals surface area contributed by atoms with E-state index < -0.39 is 17.6 Å².